The topological polar surface area (TPSA) is 40.2 Å². The van der Waals surface area contributed by atoms with E-state index in [0.717, 1.165) is 28.8 Å². The molecule has 1 heterocycles. The van der Waals surface area contributed by atoms with E-state index in [-0.39, 0.29) is 5.82 Å². The lowest BCUT2D eigenvalue weighted by Gasteiger charge is -2.10. The normalized spacial score (nSPS) is 11.0. The molecule has 4 heteroatoms. The van der Waals surface area contributed by atoms with Crippen molar-refractivity contribution in [3.8, 4) is 5.75 Å². The predicted octanol–water partition coefficient (Wildman–Crippen LogP) is 3.96. The molecule has 21 heavy (non-hydrogen) atoms. The first kappa shape index (κ1) is 13.5. The van der Waals surface area contributed by atoms with Gasteiger partial charge in [-0.05, 0) is 37.3 Å². The van der Waals surface area contributed by atoms with Crippen LogP contribution in [0.4, 0.5) is 10.1 Å². The Balaban J connectivity index is 1.90. The first-order chi connectivity index (χ1) is 10.2. The summed E-state index contributed by atoms with van der Waals surface area (Å²) in [5.74, 6) is 0.235. The fraction of sp³-hybridized carbons (Fsp3) is 0.176. The maximum absolute atomic E-state index is 13.2. The molecule has 108 valence electrons. The fourth-order valence-electron chi connectivity index (χ4n) is 2.54. The highest BCUT2D eigenvalue weighted by atomic mass is 19.1. The van der Waals surface area contributed by atoms with Gasteiger partial charge in [-0.2, -0.15) is 0 Å². The lowest BCUT2D eigenvalue weighted by atomic mass is 10.2. The van der Waals surface area contributed by atoms with Gasteiger partial charge in [0.1, 0.15) is 18.2 Å². The van der Waals surface area contributed by atoms with E-state index < -0.39 is 0 Å². The Morgan fingerprint density at radius 3 is 2.76 bits per heavy atom. The quantitative estimate of drug-likeness (QED) is 0.737. The number of halogens is 1. The van der Waals surface area contributed by atoms with Crippen molar-refractivity contribution < 1.29 is 9.13 Å². The van der Waals surface area contributed by atoms with Crippen LogP contribution in [0.25, 0.3) is 10.9 Å². The second kappa shape index (κ2) is 5.48. The number of hydrogen-bond acceptors (Lipinski definition) is 2. The van der Waals surface area contributed by atoms with Gasteiger partial charge in [-0.25, -0.2) is 4.39 Å². The van der Waals surface area contributed by atoms with E-state index in [0.29, 0.717) is 12.4 Å². The summed E-state index contributed by atoms with van der Waals surface area (Å²) in [6.07, 6.45) is 0. The summed E-state index contributed by atoms with van der Waals surface area (Å²) in [7, 11) is 0. The van der Waals surface area contributed by atoms with Crippen molar-refractivity contribution in [2.75, 3.05) is 5.73 Å². The second-order valence-electron chi connectivity index (χ2n) is 4.94. The molecule has 0 radical (unpaired) electrons. The number of ether oxygens (including phenoxy) is 1. The van der Waals surface area contributed by atoms with E-state index in [4.69, 9.17) is 10.5 Å². The Hall–Kier alpha value is -2.49. The maximum atomic E-state index is 13.2. The smallest absolute Gasteiger partial charge is 0.128 e. The van der Waals surface area contributed by atoms with Crippen LogP contribution < -0.4 is 10.5 Å². The number of aryl methyl sites for hydroxylation is 1. The molecule has 0 aliphatic carbocycles. The molecule has 0 spiro atoms. The zero-order chi connectivity index (χ0) is 14.8. The van der Waals surface area contributed by atoms with Crippen LogP contribution in [0.3, 0.4) is 0 Å². The van der Waals surface area contributed by atoms with Crippen LogP contribution in [0.5, 0.6) is 5.75 Å². The number of hydrogen-bond donors (Lipinski definition) is 1. The highest BCUT2D eigenvalue weighted by Crippen LogP contribution is 2.24. The zero-order valence-corrected chi connectivity index (χ0v) is 11.8. The summed E-state index contributed by atoms with van der Waals surface area (Å²) in [5, 5.41) is 1.13. The van der Waals surface area contributed by atoms with Crippen LogP contribution in [-0.4, -0.2) is 4.57 Å². The summed E-state index contributed by atoms with van der Waals surface area (Å²) in [6.45, 7) is 3.30. The van der Waals surface area contributed by atoms with Crippen molar-refractivity contribution in [3.63, 3.8) is 0 Å². The van der Waals surface area contributed by atoms with Crippen LogP contribution >= 0.6 is 0 Å². The summed E-state index contributed by atoms with van der Waals surface area (Å²) < 4.78 is 21.0. The number of nitrogen functional groups attached to an aromatic ring is 1. The number of benzene rings is 2. The lowest BCUT2D eigenvalue weighted by Crippen LogP contribution is -2.04. The Kier molecular flexibility index (Phi) is 3.52. The summed E-state index contributed by atoms with van der Waals surface area (Å²) in [4.78, 5) is 0. The van der Waals surface area contributed by atoms with Gasteiger partial charge in [0.2, 0.25) is 0 Å². The second-order valence-corrected chi connectivity index (χ2v) is 4.94. The average Bonchev–Trinajstić information content (AvgIpc) is 2.82. The molecule has 1 aromatic heterocycles. The van der Waals surface area contributed by atoms with Gasteiger partial charge < -0.3 is 15.0 Å². The summed E-state index contributed by atoms with van der Waals surface area (Å²) in [6, 6.07) is 14.1. The number of fused-ring (bicyclic) bond motifs is 1. The molecular formula is C17H17FN2O. The van der Waals surface area contributed by atoms with Gasteiger partial charge in [-0.1, -0.05) is 12.1 Å². The fourth-order valence-corrected chi connectivity index (χ4v) is 2.54. The van der Waals surface area contributed by atoms with Crippen molar-refractivity contribution >= 4 is 16.6 Å². The Bertz CT molecular complexity index is 780. The molecule has 0 unspecified atom stereocenters. The molecule has 2 N–H and O–H groups in total. The number of rotatable bonds is 4. The van der Waals surface area contributed by atoms with Crippen LogP contribution in [-0.2, 0) is 13.2 Å². The van der Waals surface area contributed by atoms with E-state index in [1.54, 1.807) is 12.1 Å². The highest BCUT2D eigenvalue weighted by Gasteiger charge is 2.08. The minimum atomic E-state index is -0.295. The summed E-state index contributed by atoms with van der Waals surface area (Å²) in [5.41, 5.74) is 8.73. The lowest BCUT2D eigenvalue weighted by molar-refractivity contribution is 0.294. The Morgan fingerprint density at radius 1 is 1.14 bits per heavy atom. The maximum Gasteiger partial charge on any atom is 0.128 e. The van der Waals surface area contributed by atoms with Crippen LogP contribution in [0.15, 0.2) is 48.5 Å². The molecule has 0 aliphatic heterocycles. The van der Waals surface area contributed by atoms with Gasteiger partial charge in [0.15, 0.2) is 0 Å². The van der Waals surface area contributed by atoms with Gasteiger partial charge in [0, 0.05) is 23.7 Å². The van der Waals surface area contributed by atoms with E-state index in [2.05, 4.69) is 17.6 Å². The minimum Gasteiger partial charge on any atom is -0.487 e. The van der Waals surface area contributed by atoms with Gasteiger partial charge in [-0.15, -0.1) is 0 Å². The molecular weight excluding hydrogens is 267 g/mol. The van der Waals surface area contributed by atoms with Crippen molar-refractivity contribution in [1.82, 2.24) is 4.57 Å². The Labute approximate surface area is 122 Å². The minimum absolute atomic E-state index is 0.295. The molecule has 3 aromatic rings. The predicted molar refractivity (Wildman–Crippen MR) is 82.8 cm³/mol. The molecule has 0 saturated heterocycles. The first-order valence-corrected chi connectivity index (χ1v) is 6.93. The molecule has 3 nitrogen and oxygen atoms in total. The van der Waals surface area contributed by atoms with Crippen molar-refractivity contribution in [3.05, 3.63) is 60.0 Å². The zero-order valence-electron chi connectivity index (χ0n) is 11.8. The number of anilines is 1. The largest absolute Gasteiger partial charge is 0.487 e. The number of aromatic nitrogens is 1. The third-order valence-corrected chi connectivity index (χ3v) is 3.51. The van der Waals surface area contributed by atoms with Crippen molar-refractivity contribution in [1.29, 1.82) is 0 Å². The molecule has 2 aromatic carbocycles. The van der Waals surface area contributed by atoms with E-state index >= 15 is 0 Å². The van der Waals surface area contributed by atoms with E-state index in [1.165, 1.54) is 12.1 Å². The average molecular weight is 284 g/mol. The highest BCUT2D eigenvalue weighted by molar-refractivity contribution is 5.84. The monoisotopic (exact) mass is 284 g/mol. The Morgan fingerprint density at radius 2 is 2.00 bits per heavy atom. The number of nitrogens with two attached hydrogens (primary N) is 1. The molecule has 0 saturated carbocycles. The standard InChI is InChI=1S/C17H17FN2O/c1-2-20-15(8-12-6-7-14(19)10-17(12)20)11-21-16-5-3-4-13(18)9-16/h3-10H,2,11,19H2,1H3. The van der Waals surface area contributed by atoms with Gasteiger partial charge in [0.25, 0.3) is 0 Å². The van der Waals surface area contributed by atoms with Crippen molar-refractivity contribution in [2.24, 2.45) is 0 Å². The molecule has 0 amide bonds. The van der Waals surface area contributed by atoms with E-state index in [1.807, 2.05) is 18.2 Å². The van der Waals surface area contributed by atoms with E-state index in [9.17, 15) is 4.39 Å². The van der Waals surface area contributed by atoms with Gasteiger partial charge >= 0.3 is 0 Å². The molecule has 0 bridgehead atoms. The van der Waals surface area contributed by atoms with Gasteiger partial charge in [-0.3, -0.25) is 0 Å². The van der Waals surface area contributed by atoms with Crippen LogP contribution in [0, 0.1) is 5.82 Å². The van der Waals surface area contributed by atoms with Gasteiger partial charge in [0.05, 0.1) is 11.2 Å². The molecule has 0 fully saturated rings. The first-order valence-electron chi connectivity index (χ1n) is 6.93. The molecule has 0 atom stereocenters. The third kappa shape index (κ3) is 2.70. The SMILES string of the molecule is CCn1c(COc2cccc(F)c2)cc2ccc(N)cc21. The van der Waals surface area contributed by atoms with Crippen molar-refractivity contribution in [2.45, 2.75) is 20.1 Å². The van der Waals surface area contributed by atoms with Crippen LogP contribution in [0.2, 0.25) is 0 Å². The summed E-state index contributed by atoms with van der Waals surface area (Å²) >= 11 is 0. The molecule has 3 rings (SSSR count). The van der Waals surface area contributed by atoms with Crippen LogP contribution in [0.1, 0.15) is 12.6 Å². The molecule has 0 aliphatic rings. The number of nitrogens with zero attached hydrogens (tertiary/aromatic N) is 1. The third-order valence-electron chi connectivity index (χ3n) is 3.51.